The zero-order valence-corrected chi connectivity index (χ0v) is 7.77. The molecule has 0 aliphatic rings. The molecule has 0 N–H and O–H groups in total. The van der Waals surface area contributed by atoms with E-state index in [1.807, 2.05) is 6.92 Å². The molecule has 0 fully saturated rings. The second-order valence-corrected chi connectivity index (χ2v) is 2.17. The standard InChI is InChI=1S/C6H5NO2.C3H8O/c8-7(9)6-4-2-1-3-5-6;1-3-4-2/h1-5H;3H2,1-2H3. The molecule has 0 radical (unpaired) electrons. The Morgan fingerprint density at radius 1 is 1.38 bits per heavy atom. The third-order valence-corrected chi connectivity index (χ3v) is 1.26. The molecule has 0 bridgehead atoms. The SMILES string of the molecule is CCOC.O=[N+]([O-])c1ccccc1. The Morgan fingerprint density at radius 2 is 1.85 bits per heavy atom. The normalized spacial score (nSPS) is 8.46. The quantitative estimate of drug-likeness (QED) is 0.522. The van der Waals surface area contributed by atoms with E-state index >= 15 is 0 Å². The van der Waals surface area contributed by atoms with Gasteiger partial charge in [-0.3, -0.25) is 10.1 Å². The Bertz CT molecular complexity index is 234. The van der Waals surface area contributed by atoms with Crippen molar-refractivity contribution < 1.29 is 9.66 Å². The lowest BCUT2D eigenvalue weighted by molar-refractivity contribution is -0.384. The van der Waals surface area contributed by atoms with E-state index in [1.54, 1.807) is 25.3 Å². The minimum Gasteiger partial charge on any atom is -0.385 e. The van der Waals surface area contributed by atoms with Crippen molar-refractivity contribution in [2.75, 3.05) is 13.7 Å². The largest absolute Gasteiger partial charge is 0.385 e. The first kappa shape index (κ1) is 11.6. The Balaban J connectivity index is 0.000000310. The number of methoxy groups -OCH3 is 1. The fraction of sp³-hybridized carbons (Fsp3) is 0.333. The highest BCUT2D eigenvalue weighted by Gasteiger charge is 1.98. The van der Waals surface area contributed by atoms with Crippen LogP contribution in [0.15, 0.2) is 30.3 Å². The van der Waals surface area contributed by atoms with Gasteiger partial charge in [0, 0.05) is 25.8 Å². The number of nitro benzene ring substituents is 1. The number of nitro groups is 1. The van der Waals surface area contributed by atoms with Gasteiger partial charge in [-0.1, -0.05) is 18.2 Å². The number of nitrogens with zero attached hydrogens (tertiary/aromatic N) is 1. The molecule has 4 heteroatoms. The third-order valence-electron chi connectivity index (χ3n) is 1.26. The Kier molecular flexibility index (Phi) is 6.45. The number of hydrogen-bond donors (Lipinski definition) is 0. The smallest absolute Gasteiger partial charge is 0.269 e. The zero-order chi connectivity index (χ0) is 10.1. The van der Waals surface area contributed by atoms with Crippen LogP contribution in [0.25, 0.3) is 0 Å². The maximum Gasteiger partial charge on any atom is 0.269 e. The van der Waals surface area contributed by atoms with Crippen LogP contribution >= 0.6 is 0 Å². The van der Waals surface area contributed by atoms with Gasteiger partial charge in [0.15, 0.2) is 0 Å². The first-order valence-electron chi connectivity index (χ1n) is 3.90. The van der Waals surface area contributed by atoms with E-state index in [0.29, 0.717) is 0 Å². The molecular formula is C9H13NO3. The molecule has 0 aromatic heterocycles. The summed E-state index contributed by atoms with van der Waals surface area (Å²) in [5.74, 6) is 0. The van der Waals surface area contributed by atoms with Crippen LogP contribution in [-0.2, 0) is 4.74 Å². The van der Waals surface area contributed by atoms with Gasteiger partial charge < -0.3 is 4.74 Å². The molecule has 72 valence electrons. The Hall–Kier alpha value is -1.42. The molecule has 4 nitrogen and oxygen atoms in total. The molecule has 1 rings (SSSR count). The van der Waals surface area contributed by atoms with Crippen molar-refractivity contribution in [3.05, 3.63) is 40.4 Å². The van der Waals surface area contributed by atoms with E-state index in [-0.39, 0.29) is 5.69 Å². The summed E-state index contributed by atoms with van der Waals surface area (Å²) in [7, 11) is 1.68. The van der Waals surface area contributed by atoms with E-state index in [1.165, 1.54) is 12.1 Å². The van der Waals surface area contributed by atoms with Gasteiger partial charge in [-0.25, -0.2) is 0 Å². The van der Waals surface area contributed by atoms with Gasteiger partial charge in [0.2, 0.25) is 0 Å². The molecule has 0 saturated carbocycles. The fourth-order valence-electron chi connectivity index (χ4n) is 0.550. The first-order chi connectivity index (χ1) is 6.22. The van der Waals surface area contributed by atoms with Crippen molar-refractivity contribution in [1.29, 1.82) is 0 Å². The van der Waals surface area contributed by atoms with E-state index < -0.39 is 4.92 Å². The number of non-ortho nitro benzene ring substituents is 1. The molecule has 1 aromatic rings. The average molecular weight is 183 g/mol. The summed E-state index contributed by atoms with van der Waals surface area (Å²) in [6, 6.07) is 7.93. The predicted molar refractivity (Wildman–Crippen MR) is 50.6 cm³/mol. The summed E-state index contributed by atoms with van der Waals surface area (Å²) >= 11 is 0. The van der Waals surface area contributed by atoms with Crippen LogP contribution in [0.1, 0.15) is 6.92 Å². The average Bonchev–Trinajstić information content (AvgIpc) is 2.19. The Morgan fingerprint density at radius 3 is 2.08 bits per heavy atom. The summed E-state index contributed by atoms with van der Waals surface area (Å²) < 4.78 is 4.54. The molecule has 0 heterocycles. The van der Waals surface area contributed by atoms with Crippen molar-refractivity contribution in [3.8, 4) is 0 Å². The highest BCUT2D eigenvalue weighted by atomic mass is 16.6. The van der Waals surface area contributed by atoms with Crippen LogP contribution in [0.3, 0.4) is 0 Å². The van der Waals surface area contributed by atoms with Gasteiger partial charge in [0.05, 0.1) is 4.92 Å². The molecule has 0 aliphatic carbocycles. The fourth-order valence-corrected chi connectivity index (χ4v) is 0.550. The minimum atomic E-state index is -0.417. The van der Waals surface area contributed by atoms with Gasteiger partial charge in [0.1, 0.15) is 0 Å². The number of para-hydroxylation sites is 1. The van der Waals surface area contributed by atoms with Crippen LogP contribution in [0, 0.1) is 10.1 Å². The predicted octanol–water partition coefficient (Wildman–Crippen LogP) is 2.25. The van der Waals surface area contributed by atoms with Crippen LogP contribution in [0.5, 0.6) is 0 Å². The second-order valence-electron chi connectivity index (χ2n) is 2.17. The summed E-state index contributed by atoms with van der Waals surface area (Å²) in [5, 5.41) is 10.0. The zero-order valence-electron chi connectivity index (χ0n) is 7.77. The summed E-state index contributed by atoms with van der Waals surface area (Å²) in [5.41, 5.74) is 0.137. The molecule has 13 heavy (non-hydrogen) atoms. The van der Waals surface area contributed by atoms with Crippen molar-refractivity contribution in [2.45, 2.75) is 6.92 Å². The van der Waals surface area contributed by atoms with Gasteiger partial charge in [-0.2, -0.15) is 0 Å². The van der Waals surface area contributed by atoms with Crippen LogP contribution in [0.4, 0.5) is 5.69 Å². The Labute approximate surface area is 77.3 Å². The third kappa shape index (κ3) is 5.81. The van der Waals surface area contributed by atoms with Crippen LogP contribution in [-0.4, -0.2) is 18.6 Å². The van der Waals surface area contributed by atoms with E-state index in [0.717, 1.165) is 6.61 Å². The van der Waals surface area contributed by atoms with Gasteiger partial charge in [-0.05, 0) is 6.92 Å². The van der Waals surface area contributed by atoms with Crippen molar-refractivity contribution in [2.24, 2.45) is 0 Å². The van der Waals surface area contributed by atoms with E-state index in [2.05, 4.69) is 4.74 Å². The molecule has 0 aliphatic heterocycles. The molecule has 0 unspecified atom stereocenters. The maximum absolute atomic E-state index is 10.0. The minimum absolute atomic E-state index is 0.137. The molecular weight excluding hydrogens is 170 g/mol. The second kappa shape index (κ2) is 7.24. The lowest BCUT2D eigenvalue weighted by Crippen LogP contribution is -1.84. The van der Waals surface area contributed by atoms with Crippen molar-refractivity contribution in [1.82, 2.24) is 0 Å². The maximum atomic E-state index is 10.0. The van der Waals surface area contributed by atoms with E-state index in [9.17, 15) is 10.1 Å². The molecule has 0 atom stereocenters. The highest BCUT2D eigenvalue weighted by molar-refractivity contribution is 5.27. The van der Waals surface area contributed by atoms with Gasteiger partial charge in [0.25, 0.3) is 5.69 Å². The molecule has 0 spiro atoms. The molecule has 0 amide bonds. The number of hydrogen-bond acceptors (Lipinski definition) is 3. The van der Waals surface area contributed by atoms with Crippen molar-refractivity contribution >= 4 is 5.69 Å². The number of benzene rings is 1. The van der Waals surface area contributed by atoms with Crippen LogP contribution < -0.4 is 0 Å². The van der Waals surface area contributed by atoms with Crippen molar-refractivity contribution in [3.63, 3.8) is 0 Å². The van der Waals surface area contributed by atoms with Gasteiger partial charge >= 0.3 is 0 Å². The number of ether oxygens (including phenoxy) is 1. The first-order valence-corrected chi connectivity index (χ1v) is 3.90. The monoisotopic (exact) mass is 183 g/mol. The lowest BCUT2D eigenvalue weighted by atomic mass is 10.3. The van der Waals surface area contributed by atoms with Gasteiger partial charge in [-0.15, -0.1) is 0 Å². The van der Waals surface area contributed by atoms with E-state index in [4.69, 9.17) is 0 Å². The highest BCUT2D eigenvalue weighted by Crippen LogP contribution is 2.06. The number of rotatable bonds is 2. The molecule has 1 aromatic carbocycles. The molecule has 0 saturated heterocycles. The summed E-state index contributed by atoms with van der Waals surface area (Å²) in [4.78, 5) is 9.59. The summed E-state index contributed by atoms with van der Waals surface area (Å²) in [6.07, 6.45) is 0. The topological polar surface area (TPSA) is 52.4 Å². The summed E-state index contributed by atoms with van der Waals surface area (Å²) in [6.45, 7) is 2.78. The lowest BCUT2D eigenvalue weighted by Gasteiger charge is -1.85. The van der Waals surface area contributed by atoms with Crippen LogP contribution in [0.2, 0.25) is 0 Å².